The Morgan fingerprint density at radius 2 is 1.64 bits per heavy atom. The Kier molecular flexibility index (Phi) is 6.96. The van der Waals surface area contributed by atoms with Gasteiger partial charge in [0.25, 0.3) is 0 Å². The highest BCUT2D eigenvalue weighted by Crippen LogP contribution is 2.26. The Balaban J connectivity index is 1.54. The number of benzene rings is 2. The number of carbonyl (C=O) groups is 1. The van der Waals surface area contributed by atoms with Gasteiger partial charge in [0.05, 0.1) is 0 Å². The van der Waals surface area contributed by atoms with Gasteiger partial charge >= 0.3 is 0 Å². The van der Waals surface area contributed by atoms with Crippen molar-refractivity contribution in [2.45, 2.75) is 33.6 Å². The van der Waals surface area contributed by atoms with Crippen molar-refractivity contribution >= 4 is 17.3 Å². The summed E-state index contributed by atoms with van der Waals surface area (Å²) in [6.07, 6.45) is 1.42. The Morgan fingerprint density at radius 1 is 0.964 bits per heavy atom. The number of anilines is 2. The zero-order chi connectivity index (χ0) is 19.9. The topological polar surface area (TPSA) is 26.8 Å². The van der Waals surface area contributed by atoms with Crippen molar-refractivity contribution in [3.05, 3.63) is 59.7 Å². The van der Waals surface area contributed by atoms with Gasteiger partial charge in [0.2, 0.25) is 5.91 Å². The molecule has 28 heavy (non-hydrogen) atoms. The molecule has 1 saturated heterocycles. The van der Waals surface area contributed by atoms with Crippen molar-refractivity contribution in [2.24, 2.45) is 0 Å². The minimum atomic E-state index is 0.275. The predicted octanol–water partition coefficient (Wildman–Crippen LogP) is 4.12. The maximum Gasteiger partial charge on any atom is 0.223 e. The van der Waals surface area contributed by atoms with Crippen molar-refractivity contribution in [3.63, 3.8) is 0 Å². The zero-order valence-corrected chi connectivity index (χ0v) is 17.5. The lowest BCUT2D eigenvalue weighted by molar-refractivity contribution is -0.131. The second-order valence-corrected chi connectivity index (χ2v) is 7.50. The second-order valence-electron chi connectivity index (χ2n) is 7.50. The van der Waals surface area contributed by atoms with E-state index in [4.69, 9.17) is 0 Å². The molecule has 0 spiro atoms. The number of carbonyl (C=O) groups excluding carboxylic acids is 1. The summed E-state index contributed by atoms with van der Waals surface area (Å²) in [6.45, 7) is 12.1. The van der Waals surface area contributed by atoms with E-state index in [0.717, 1.165) is 45.7 Å². The van der Waals surface area contributed by atoms with Crippen LogP contribution >= 0.6 is 0 Å². The van der Waals surface area contributed by atoms with E-state index in [9.17, 15) is 4.79 Å². The highest BCUT2D eigenvalue weighted by atomic mass is 16.2. The molecule has 3 rings (SSSR count). The number of aryl methyl sites for hydroxylation is 2. The van der Waals surface area contributed by atoms with Gasteiger partial charge in [-0.1, -0.05) is 30.3 Å². The molecule has 150 valence electrons. The molecule has 0 aliphatic carbocycles. The number of piperazine rings is 1. The Hall–Kier alpha value is -2.49. The Labute approximate surface area is 169 Å². The molecule has 2 aromatic rings. The molecule has 1 fully saturated rings. The fourth-order valence-electron chi connectivity index (χ4n) is 4.03. The first-order chi connectivity index (χ1) is 13.6. The largest absolute Gasteiger partial charge is 0.372 e. The average molecular weight is 380 g/mol. The van der Waals surface area contributed by atoms with Gasteiger partial charge in [0.15, 0.2) is 0 Å². The summed E-state index contributed by atoms with van der Waals surface area (Å²) in [5.74, 6) is 0.275. The smallest absolute Gasteiger partial charge is 0.223 e. The standard InChI is InChI=1S/C24H33N3O/c1-4-25(5-2)22-12-13-23(20(3)19-22)26-15-17-27(18-16-26)24(28)14-11-21-9-7-6-8-10-21/h6-10,12-13,19H,4-5,11,14-18H2,1-3H3. The third-order valence-corrected chi connectivity index (χ3v) is 5.75. The highest BCUT2D eigenvalue weighted by Gasteiger charge is 2.22. The summed E-state index contributed by atoms with van der Waals surface area (Å²) in [5.41, 5.74) is 5.14. The van der Waals surface area contributed by atoms with E-state index < -0.39 is 0 Å². The summed E-state index contributed by atoms with van der Waals surface area (Å²) in [5, 5.41) is 0. The molecule has 0 bridgehead atoms. The minimum Gasteiger partial charge on any atom is -0.372 e. The maximum atomic E-state index is 12.6. The van der Waals surface area contributed by atoms with Crippen LogP contribution in [0.5, 0.6) is 0 Å². The first-order valence-electron chi connectivity index (χ1n) is 10.5. The summed E-state index contributed by atoms with van der Waals surface area (Å²) < 4.78 is 0. The van der Waals surface area contributed by atoms with Gasteiger partial charge in [-0.05, 0) is 56.5 Å². The first kappa shape index (κ1) is 20.2. The molecule has 0 saturated carbocycles. The molecule has 2 aromatic carbocycles. The van der Waals surface area contributed by atoms with Crippen molar-refractivity contribution in [1.82, 2.24) is 4.90 Å². The minimum absolute atomic E-state index is 0.275. The predicted molar refractivity (Wildman–Crippen MR) is 118 cm³/mol. The van der Waals surface area contributed by atoms with Crippen LogP contribution in [-0.2, 0) is 11.2 Å². The molecule has 0 N–H and O–H groups in total. The molecule has 4 heteroatoms. The van der Waals surface area contributed by atoms with Crippen LogP contribution in [0.15, 0.2) is 48.5 Å². The molecule has 1 aliphatic rings. The lowest BCUT2D eigenvalue weighted by Gasteiger charge is -2.37. The third kappa shape index (κ3) is 4.86. The van der Waals surface area contributed by atoms with Crippen LogP contribution in [0.25, 0.3) is 0 Å². The first-order valence-corrected chi connectivity index (χ1v) is 10.5. The molecular weight excluding hydrogens is 346 g/mol. The van der Waals surface area contributed by atoms with Gasteiger partial charge in [0, 0.05) is 57.1 Å². The van der Waals surface area contributed by atoms with Crippen molar-refractivity contribution in [1.29, 1.82) is 0 Å². The van der Waals surface area contributed by atoms with E-state index in [-0.39, 0.29) is 5.91 Å². The summed E-state index contributed by atoms with van der Waals surface area (Å²) in [7, 11) is 0. The number of hydrogen-bond acceptors (Lipinski definition) is 3. The van der Waals surface area contributed by atoms with Gasteiger partial charge in [-0.2, -0.15) is 0 Å². The van der Waals surface area contributed by atoms with Gasteiger partial charge < -0.3 is 14.7 Å². The van der Waals surface area contributed by atoms with Gasteiger partial charge in [-0.3, -0.25) is 4.79 Å². The maximum absolute atomic E-state index is 12.6. The SMILES string of the molecule is CCN(CC)c1ccc(N2CCN(C(=O)CCc3ccccc3)CC2)c(C)c1. The van der Waals surface area contributed by atoms with E-state index in [0.29, 0.717) is 6.42 Å². The monoisotopic (exact) mass is 379 g/mol. The Bertz CT molecular complexity index is 763. The van der Waals surface area contributed by atoms with Crippen molar-refractivity contribution < 1.29 is 4.79 Å². The van der Waals surface area contributed by atoms with Crippen LogP contribution in [0.1, 0.15) is 31.4 Å². The van der Waals surface area contributed by atoms with Crippen molar-refractivity contribution in [3.8, 4) is 0 Å². The molecule has 0 atom stereocenters. The van der Waals surface area contributed by atoms with E-state index in [1.807, 2.05) is 23.1 Å². The van der Waals surface area contributed by atoms with Crippen LogP contribution in [-0.4, -0.2) is 50.1 Å². The van der Waals surface area contributed by atoms with Crippen LogP contribution < -0.4 is 9.80 Å². The quantitative estimate of drug-likeness (QED) is 0.724. The zero-order valence-electron chi connectivity index (χ0n) is 17.5. The summed E-state index contributed by atoms with van der Waals surface area (Å²) >= 11 is 0. The van der Waals surface area contributed by atoms with Crippen LogP contribution in [0.4, 0.5) is 11.4 Å². The fraction of sp³-hybridized carbons (Fsp3) is 0.458. The average Bonchev–Trinajstić information content (AvgIpc) is 2.74. The van der Waals surface area contributed by atoms with E-state index >= 15 is 0 Å². The highest BCUT2D eigenvalue weighted by molar-refractivity contribution is 5.77. The number of nitrogens with zero attached hydrogens (tertiary/aromatic N) is 3. The molecule has 0 unspecified atom stereocenters. The molecular formula is C24H33N3O. The van der Waals surface area contributed by atoms with Crippen molar-refractivity contribution in [2.75, 3.05) is 49.1 Å². The van der Waals surface area contributed by atoms with Gasteiger partial charge in [-0.15, -0.1) is 0 Å². The van der Waals surface area contributed by atoms with Crippen LogP contribution in [0.2, 0.25) is 0 Å². The number of rotatable bonds is 7. The molecule has 0 radical (unpaired) electrons. The molecule has 1 amide bonds. The third-order valence-electron chi connectivity index (χ3n) is 5.75. The summed E-state index contributed by atoms with van der Waals surface area (Å²) in [4.78, 5) is 19.4. The van der Waals surface area contributed by atoms with Crippen LogP contribution in [0.3, 0.4) is 0 Å². The molecule has 4 nitrogen and oxygen atoms in total. The van der Waals surface area contributed by atoms with E-state index in [2.05, 4.69) is 60.9 Å². The fourth-order valence-corrected chi connectivity index (χ4v) is 4.03. The van der Waals surface area contributed by atoms with Gasteiger partial charge in [0.1, 0.15) is 0 Å². The normalized spacial score (nSPS) is 14.2. The van der Waals surface area contributed by atoms with Crippen LogP contribution in [0, 0.1) is 6.92 Å². The Morgan fingerprint density at radius 3 is 2.25 bits per heavy atom. The van der Waals surface area contributed by atoms with E-state index in [1.54, 1.807) is 0 Å². The number of hydrogen-bond donors (Lipinski definition) is 0. The van der Waals surface area contributed by atoms with Gasteiger partial charge in [-0.25, -0.2) is 0 Å². The second kappa shape index (κ2) is 9.63. The molecule has 0 aromatic heterocycles. The molecule has 1 aliphatic heterocycles. The summed E-state index contributed by atoms with van der Waals surface area (Å²) in [6, 6.07) is 17.0. The lowest BCUT2D eigenvalue weighted by atomic mass is 10.1. The lowest BCUT2D eigenvalue weighted by Crippen LogP contribution is -2.49. The molecule has 1 heterocycles. The van der Waals surface area contributed by atoms with E-state index in [1.165, 1.54) is 22.5 Å². The number of amides is 1.